The third-order valence-corrected chi connectivity index (χ3v) is 6.10. The van der Waals surface area contributed by atoms with E-state index in [-0.39, 0.29) is 30.2 Å². The second-order valence-corrected chi connectivity index (χ2v) is 8.64. The quantitative estimate of drug-likeness (QED) is 0.398. The first-order valence-electron chi connectivity index (χ1n) is 11.4. The number of likely N-dealkylation sites (tertiary alicyclic amines) is 1. The maximum atomic E-state index is 13.5. The van der Waals surface area contributed by atoms with Gasteiger partial charge < -0.3 is 15.0 Å². The van der Waals surface area contributed by atoms with Gasteiger partial charge in [0.1, 0.15) is 5.82 Å². The Morgan fingerprint density at radius 1 is 0.971 bits per heavy atom. The molecule has 0 bridgehead atoms. The van der Waals surface area contributed by atoms with Crippen LogP contribution in [0.1, 0.15) is 41.3 Å². The molecule has 1 saturated heterocycles. The van der Waals surface area contributed by atoms with Gasteiger partial charge in [0.15, 0.2) is 0 Å². The second kappa shape index (κ2) is 10.5. The summed E-state index contributed by atoms with van der Waals surface area (Å²) in [5.74, 6) is -0.442. The molecule has 2 atom stereocenters. The highest BCUT2D eigenvalue weighted by Gasteiger charge is 2.36. The monoisotopic (exact) mass is 486 g/mol. The average Bonchev–Trinajstić information content (AvgIpc) is 2.81. The molecule has 0 saturated carbocycles. The zero-order valence-corrected chi connectivity index (χ0v) is 19.1. The molecule has 4 rings (SSSR count). The van der Waals surface area contributed by atoms with E-state index in [2.05, 4.69) is 5.32 Å². The van der Waals surface area contributed by atoms with Gasteiger partial charge in [0.05, 0.1) is 36.9 Å². The molecule has 184 valence electrons. The lowest BCUT2D eigenvalue weighted by molar-refractivity contribution is -0.138. The van der Waals surface area contributed by atoms with Crippen molar-refractivity contribution in [2.24, 2.45) is 0 Å². The summed E-state index contributed by atoms with van der Waals surface area (Å²) in [6.07, 6.45) is -5.60. The van der Waals surface area contributed by atoms with Crippen LogP contribution in [0.2, 0.25) is 0 Å². The molecule has 1 fully saturated rings. The zero-order valence-electron chi connectivity index (χ0n) is 19.1. The van der Waals surface area contributed by atoms with Crippen molar-refractivity contribution in [2.45, 2.75) is 37.8 Å². The van der Waals surface area contributed by atoms with E-state index < -0.39 is 23.7 Å². The van der Waals surface area contributed by atoms with E-state index in [1.54, 1.807) is 11.0 Å². The number of nitrogens with zero attached hydrogens (tertiary/aromatic N) is 1. The molecule has 1 aliphatic heterocycles. The van der Waals surface area contributed by atoms with Crippen molar-refractivity contribution in [1.82, 2.24) is 10.2 Å². The van der Waals surface area contributed by atoms with Crippen LogP contribution in [0.5, 0.6) is 0 Å². The highest BCUT2D eigenvalue weighted by molar-refractivity contribution is 5.75. The number of ether oxygens (including phenoxy) is 1. The smallest absolute Gasteiger partial charge is 0.366 e. The fourth-order valence-electron chi connectivity index (χ4n) is 4.12. The highest BCUT2D eigenvalue weighted by Crippen LogP contribution is 2.35. The Morgan fingerprint density at radius 3 is 2.26 bits per heavy atom. The van der Waals surface area contributed by atoms with Gasteiger partial charge in [-0.05, 0) is 41.8 Å². The fraction of sp³-hybridized carbons (Fsp3) is 0.296. The molecule has 0 aliphatic carbocycles. The Morgan fingerprint density at radius 2 is 1.60 bits per heavy atom. The van der Waals surface area contributed by atoms with Crippen LogP contribution in [0.25, 0.3) is 0 Å². The van der Waals surface area contributed by atoms with E-state index in [4.69, 9.17) is 4.74 Å². The van der Waals surface area contributed by atoms with Crippen molar-refractivity contribution in [3.63, 3.8) is 0 Å². The summed E-state index contributed by atoms with van der Waals surface area (Å²) in [6, 6.07) is 20.1. The van der Waals surface area contributed by atoms with Crippen molar-refractivity contribution in [3.05, 3.63) is 107 Å². The SMILES string of the molecule is C[C@H](NC(=O)N1CC(OC(Cc2ccccc2C(F)(F)F)c2ccc(F)cc2)C1)c1ccccc1. The average molecular weight is 487 g/mol. The van der Waals surface area contributed by atoms with Crippen molar-refractivity contribution in [2.75, 3.05) is 13.1 Å². The third-order valence-electron chi connectivity index (χ3n) is 6.10. The molecule has 0 radical (unpaired) electrons. The summed E-state index contributed by atoms with van der Waals surface area (Å²) in [6.45, 7) is 2.52. The van der Waals surface area contributed by atoms with Gasteiger partial charge in [-0.2, -0.15) is 13.2 Å². The Hall–Kier alpha value is -3.39. The minimum absolute atomic E-state index is 0.0327. The molecular weight excluding hydrogens is 460 g/mol. The maximum Gasteiger partial charge on any atom is 0.416 e. The number of hydrogen-bond acceptors (Lipinski definition) is 2. The van der Waals surface area contributed by atoms with Crippen molar-refractivity contribution >= 4 is 6.03 Å². The van der Waals surface area contributed by atoms with Gasteiger partial charge in [0.25, 0.3) is 0 Å². The minimum atomic E-state index is -4.50. The van der Waals surface area contributed by atoms with Gasteiger partial charge in [-0.25, -0.2) is 9.18 Å². The van der Waals surface area contributed by atoms with Crippen LogP contribution in [-0.2, 0) is 17.3 Å². The molecule has 2 amide bonds. The van der Waals surface area contributed by atoms with Crippen molar-refractivity contribution in [3.8, 4) is 0 Å². The molecule has 1 aliphatic rings. The molecular formula is C27H26F4N2O2. The van der Waals surface area contributed by atoms with Crippen LogP contribution < -0.4 is 5.32 Å². The van der Waals surface area contributed by atoms with Crippen LogP contribution in [0.3, 0.4) is 0 Å². The fourth-order valence-corrected chi connectivity index (χ4v) is 4.12. The molecule has 4 nitrogen and oxygen atoms in total. The normalized spacial score (nSPS) is 15.9. The van der Waals surface area contributed by atoms with Crippen LogP contribution in [0, 0.1) is 5.82 Å². The van der Waals surface area contributed by atoms with Crippen LogP contribution in [0.15, 0.2) is 78.9 Å². The number of carbonyl (C=O) groups is 1. The molecule has 3 aromatic carbocycles. The number of urea groups is 1. The van der Waals surface area contributed by atoms with E-state index in [1.807, 2.05) is 37.3 Å². The third kappa shape index (κ3) is 6.19. The first-order valence-corrected chi connectivity index (χ1v) is 11.4. The van der Waals surface area contributed by atoms with E-state index in [0.717, 1.165) is 11.6 Å². The number of nitrogens with one attached hydrogen (secondary N) is 1. The maximum absolute atomic E-state index is 13.5. The standard InChI is InChI=1S/C27H26F4N2O2/c1-18(19-7-3-2-4-8-19)32-26(34)33-16-23(17-33)35-25(20-11-13-22(28)14-12-20)15-21-9-5-6-10-24(21)27(29,30)31/h2-14,18,23,25H,15-17H2,1H3,(H,32,34)/t18-,25?/m0/s1. The number of amides is 2. The van der Waals surface area contributed by atoms with Gasteiger partial charge in [0, 0.05) is 6.42 Å². The molecule has 0 aromatic heterocycles. The second-order valence-electron chi connectivity index (χ2n) is 8.64. The Balaban J connectivity index is 1.42. The summed E-state index contributed by atoms with van der Waals surface area (Å²) in [5.41, 5.74) is 0.929. The Bertz CT molecular complexity index is 1130. The number of halogens is 4. The molecule has 3 aromatic rings. The van der Waals surface area contributed by atoms with E-state index in [9.17, 15) is 22.4 Å². The van der Waals surface area contributed by atoms with E-state index in [0.29, 0.717) is 18.7 Å². The molecule has 1 heterocycles. The van der Waals surface area contributed by atoms with Gasteiger partial charge in [-0.1, -0.05) is 60.7 Å². The first kappa shape index (κ1) is 24.7. The topological polar surface area (TPSA) is 41.6 Å². The minimum Gasteiger partial charge on any atom is -0.366 e. The summed E-state index contributed by atoms with van der Waals surface area (Å²) >= 11 is 0. The van der Waals surface area contributed by atoms with Gasteiger partial charge in [0.2, 0.25) is 0 Å². The Kier molecular flexibility index (Phi) is 7.40. The lowest BCUT2D eigenvalue weighted by Gasteiger charge is -2.41. The number of benzene rings is 3. The highest BCUT2D eigenvalue weighted by atomic mass is 19.4. The lowest BCUT2D eigenvalue weighted by Crippen LogP contribution is -2.58. The van der Waals surface area contributed by atoms with Gasteiger partial charge in [-0.15, -0.1) is 0 Å². The number of hydrogen-bond donors (Lipinski definition) is 1. The lowest BCUT2D eigenvalue weighted by atomic mass is 9.96. The van der Waals surface area contributed by atoms with Gasteiger partial charge in [-0.3, -0.25) is 0 Å². The molecule has 1 N–H and O–H groups in total. The van der Waals surface area contributed by atoms with Gasteiger partial charge >= 0.3 is 12.2 Å². The summed E-state index contributed by atoms with van der Waals surface area (Å²) in [5, 5.41) is 2.94. The predicted molar refractivity (Wildman–Crippen MR) is 124 cm³/mol. The van der Waals surface area contributed by atoms with E-state index in [1.165, 1.54) is 36.4 Å². The van der Waals surface area contributed by atoms with Crippen LogP contribution >= 0.6 is 0 Å². The largest absolute Gasteiger partial charge is 0.416 e. The molecule has 0 spiro atoms. The number of rotatable bonds is 7. The van der Waals surface area contributed by atoms with E-state index >= 15 is 0 Å². The van der Waals surface area contributed by atoms with Crippen molar-refractivity contribution < 1.29 is 27.1 Å². The first-order chi connectivity index (χ1) is 16.7. The molecule has 1 unspecified atom stereocenters. The number of carbonyl (C=O) groups excluding carboxylic acids is 1. The summed E-state index contributed by atoms with van der Waals surface area (Å²) in [7, 11) is 0. The van der Waals surface area contributed by atoms with Crippen LogP contribution in [-0.4, -0.2) is 30.1 Å². The summed E-state index contributed by atoms with van der Waals surface area (Å²) in [4.78, 5) is 14.2. The Labute approximate surface area is 201 Å². The zero-order chi connectivity index (χ0) is 25.0. The molecule has 35 heavy (non-hydrogen) atoms. The summed E-state index contributed by atoms with van der Waals surface area (Å²) < 4.78 is 60.2. The molecule has 8 heteroatoms. The van der Waals surface area contributed by atoms with Crippen LogP contribution in [0.4, 0.5) is 22.4 Å². The van der Waals surface area contributed by atoms with Crippen molar-refractivity contribution in [1.29, 1.82) is 0 Å². The number of alkyl halides is 3. The predicted octanol–water partition coefficient (Wildman–Crippen LogP) is 6.30.